The number of aromatic amines is 1. The predicted molar refractivity (Wildman–Crippen MR) is 32.3 cm³/mol. The number of nitrogens with one attached hydrogen (secondary N) is 2. The number of nitrogens with zero attached hydrogens (tertiary/aromatic N) is 1. The van der Waals surface area contributed by atoms with Gasteiger partial charge in [-0.05, 0) is 0 Å². The lowest BCUT2D eigenvalue weighted by atomic mass is 10.3. The Bertz CT molecular complexity index is 243. The summed E-state index contributed by atoms with van der Waals surface area (Å²) in [6.07, 6.45) is 1.22. The summed E-state index contributed by atoms with van der Waals surface area (Å²) < 4.78 is 0. The van der Waals surface area contributed by atoms with Gasteiger partial charge >= 0.3 is 0 Å². The number of amides is 1. The molecule has 10 heavy (non-hydrogen) atoms. The first-order valence-electron chi connectivity index (χ1n) is 2.49. The fourth-order valence-corrected chi connectivity index (χ4v) is 0.537. The second kappa shape index (κ2) is 2.36. The number of anilines is 1. The van der Waals surface area contributed by atoms with Gasteiger partial charge in [-0.3, -0.25) is 15.1 Å². The molecule has 1 aromatic heterocycles. The maximum absolute atomic E-state index is 10.6. The van der Waals surface area contributed by atoms with Crippen molar-refractivity contribution < 1.29 is 10.0 Å². The molecule has 0 aliphatic rings. The highest BCUT2D eigenvalue weighted by Gasteiger charge is 2.08. The summed E-state index contributed by atoms with van der Waals surface area (Å²) in [5.41, 5.74) is 6.78. The number of nitrogens with two attached hydrogens (primary N) is 1. The quantitative estimate of drug-likeness (QED) is 0.301. The Balaban J connectivity index is 2.93. The number of hydroxylamine groups is 1. The van der Waals surface area contributed by atoms with Crippen LogP contribution in [0, 0.1) is 0 Å². The summed E-state index contributed by atoms with van der Waals surface area (Å²) in [5, 5.41) is 13.9. The number of carbonyl (C=O) groups is 1. The Labute approximate surface area is 56.0 Å². The molecule has 5 N–H and O–H groups in total. The first-order chi connectivity index (χ1) is 4.75. The number of carbonyl (C=O) groups excluding carboxylic acids is 1. The minimum absolute atomic E-state index is 0.127. The van der Waals surface area contributed by atoms with Gasteiger partial charge in [-0.15, -0.1) is 0 Å². The van der Waals surface area contributed by atoms with E-state index >= 15 is 0 Å². The molecule has 0 bridgehead atoms. The van der Waals surface area contributed by atoms with Crippen LogP contribution in [0.2, 0.25) is 0 Å². The van der Waals surface area contributed by atoms with Crippen LogP contribution in [-0.2, 0) is 0 Å². The average molecular weight is 142 g/mol. The molecule has 0 aliphatic carbocycles. The van der Waals surface area contributed by atoms with Crippen LogP contribution in [0.15, 0.2) is 6.20 Å². The Morgan fingerprint density at radius 2 is 2.60 bits per heavy atom. The zero-order chi connectivity index (χ0) is 7.56. The van der Waals surface area contributed by atoms with Crippen molar-refractivity contribution in [3.8, 4) is 0 Å². The van der Waals surface area contributed by atoms with Gasteiger partial charge < -0.3 is 5.73 Å². The van der Waals surface area contributed by atoms with Crippen LogP contribution >= 0.6 is 0 Å². The Hall–Kier alpha value is -1.56. The zero-order valence-corrected chi connectivity index (χ0v) is 4.96. The van der Waals surface area contributed by atoms with E-state index in [2.05, 4.69) is 10.2 Å². The number of H-pyrrole nitrogens is 1. The Kier molecular flexibility index (Phi) is 1.55. The normalized spacial score (nSPS) is 9.30. The molecule has 0 radical (unpaired) electrons. The number of rotatable bonds is 1. The smallest absolute Gasteiger partial charge is 0.280 e. The molecule has 0 saturated heterocycles. The van der Waals surface area contributed by atoms with Crippen LogP contribution in [0.5, 0.6) is 0 Å². The molecular weight excluding hydrogens is 136 g/mol. The van der Waals surface area contributed by atoms with Crippen molar-refractivity contribution in [1.29, 1.82) is 0 Å². The summed E-state index contributed by atoms with van der Waals surface area (Å²) in [4.78, 5) is 10.6. The average Bonchev–Trinajstić information content (AvgIpc) is 2.34. The summed E-state index contributed by atoms with van der Waals surface area (Å²) in [6, 6.07) is 0. The fraction of sp³-hybridized carbons (Fsp3) is 0. The van der Waals surface area contributed by atoms with Gasteiger partial charge in [0.05, 0.1) is 6.20 Å². The SMILES string of the molecule is Nc1[nH]ncc1C(=O)NO. The molecule has 6 heteroatoms. The first kappa shape index (κ1) is 6.56. The van der Waals surface area contributed by atoms with E-state index in [1.807, 2.05) is 0 Å². The molecule has 0 fully saturated rings. The van der Waals surface area contributed by atoms with Gasteiger partial charge in [-0.1, -0.05) is 0 Å². The third-order valence-corrected chi connectivity index (χ3v) is 1.01. The molecule has 6 nitrogen and oxygen atoms in total. The standard InChI is InChI=1S/C4H6N4O2/c5-3-2(1-6-7-3)4(9)8-10/h1,10H,(H,8,9)(H3,5,6,7). The van der Waals surface area contributed by atoms with E-state index in [1.54, 1.807) is 0 Å². The molecule has 1 heterocycles. The molecule has 0 unspecified atom stereocenters. The van der Waals surface area contributed by atoms with Crippen LogP contribution in [0.25, 0.3) is 0 Å². The minimum Gasteiger partial charge on any atom is -0.383 e. The van der Waals surface area contributed by atoms with E-state index in [0.29, 0.717) is 0 Å². The van der Waals surface area contributed by atoms with Crippen molar-refractivity contribution >= 4 is 11.7 Å². The number of hydrogen-bond donors (Lipinski definition) is 4. The van der Waals surface area contributed by atoms with E-state index in [9.17, 15) is 4.79 Å². The van der Waals surface area contributed by atoms with E-state index in [-0.39, 0.29) is 11.4 Å². The fourth-order valence-electron chi connectivity index (χ4n) is 0.537. The van der Waals surface area contributed by atoms with E-state index in [0.717, 1.165) is 0 Å². The second-order valence-corrected chi connectivity index (χ2v) is 1.64. The van der Waals surface area contributed by atoms with Crippen LogP contribution in [0.4, 0.5) is 5.82 Å². The highest BCUT2D eigenvalue weighted by atomic mass is 16.5. The molecule has 0 aromatic carbocycles. The molecule has 0 atom stereocenters. The molecule has 54 valence electrons. The molecule has 1 amide bonds. The molecule has 0 aliphatic heterocycles. The molecule has 1 rings (SSSR count). The molecule has 0 saturated carbocycles. The summed E-state index contributed by atoms with van der Waals surface area (Å²) in [5.74, 6) is -0.544. The molecular formula is C4H6N4O2. The number of aromatic nitrogens is 2. The van der Waals surface area contributed by atoms with Gasteiger partial charge in [0.1, 0.15) is 11.4 Å². The van der Waals surface area contributed by atoms with Gasteiger partial charge in [0, 0.05) is 0 Å². The van der Waals surface area contributed by atoms with Crippen molar-refractivity contribution in [1.82, 2.24) is 15.7 Å². The lowest BCUT2D eigenvalue weighted by Gasteiger charge is -1.92. The monoisotopic (exact) mass is 142 g/mol. The van der Waals surface area contributed by atoms with Crippen LogP contribution < -0.4 is 11.2 Å². The second-order valence-electron chi connectivity index (χ2n) is 1.64. The Morgan fingerprint density at radius 1 is 1.90 bits per heavy atom. The maximum atomic E-state index is 10.6. The predicted octanol–water partition coefficient (Wildman–Crippen LogP) is -0.889. The van der Waals surface area contributed by atoms with Crippen molar-refractivity contribution in [3.05, 3.63) is 11.8 Å². The number of nitrogen functional groups attached to an aromatic ring is 1. The van der Waals surface area contributed by atoms with Gasteiger partial charge in [-0.25, -0.2) is 5.48 Å². The lowest BCUT2D eigenvalue weighted by molar-refractivity contribution is 0.0707. The summed E-state index contributed by atoms with van der Waals surface area (Å²) >= 11 is 0. The van der Waals surface area contributed by atoms with E-state index < -0.39 is 5.91 Å². The summed E-state index contributed by atoms with van der Waals surface area (Å²) in [7, 11) is 0. The maximum Gasteiger partial charge on any atom is 0.280 e. The third-order valence-electron chi connectivity index (χ3n) is 1.01. The van der Waals surface area contributed by atoms with Gasteiger partial charge in [0.25, 0.3) is 5.91 Å². The van der Waals surface area contributed by atoms with Gasteiger partial charge in [0.15, 0.2) is 0 Å². The van der Waals surface area contributed by atoms with Crippen molar-refractivity contribution in [2.24, 2.45) is 0 Å². The van der Waals surface area contributed by atoms with Crippen molar-refractivity contribution in [2.75, 3.05) is 5.73 Å². The number of hydrogen-bond acceptors (Lipinski definition) is 4. The highest BCUT2D eigenvalue weighted by Crippen LogP contribution is 2.03. The van der Waals surface area contributed by atoms with Gasteiger partial charge in [-0.2, -0.15) is 5.10 Å². The van der Waals surface area contributed by atoms with E-state index in [4.69, 9.17) is 10.9 Å². The van der Waals surface area contributed by atoms with E-state index in [1.165, 1.54) is 11.7 Å². The van der Waals surface area contributed by atoms with Crippen LogP contribution in [-0.4, -0.2) is 21.3 Å². The zero-order valence-electron chi connectivity index (χ0n) is 4.96. The molecule has 0 spiro atoms. The van der Waals surface area contributed by atoms with Crippen LogP contribution in [0.1, 0.15) is 10.4 Å². The topological polar surface area (TPSA) is 104 Å². The largest absolute Gasteiger partial charge is 0.383 e. The molecule has 1 aromatic rings. The lowest BCUT2D eigenvalue weighted by Crippen LogP contribution is -2.19. The van der Waals surface area contributed by atoms with Crippen molar-refractivity contribution in [3.63, 3.8) is 0 Å². The highest BCUT2D eigenvalue weighted by molar-refractivity contribution is 5.97. The van der Waals surface area contributed by atoms with Crippen molar-refractivity contribution in [2.45, 2.75) is 0 Å². The summed E-state index contributed by atoms with van der Waals surface area (Å²) in [6.45, 7) is 0. The first-order valence-corrected chi connectivity index (χ1v) is 2.49. The minimum atomic E-state index is -0.675. The Morgan fingerprint density at radius 3 is 3.00 bits per heavy atom. The third kappa shape index (κ3) is 0.914. The van der Waals surface area contributed by atoms with Gasteiger partial charge in [0.2, 0.25) is 0 Å². The van der Waals surface area contributed by atoms with Crippen LogP contribution in [0.3, 0.4) is 0 Å².